The Hall–Kier alpha value is -0.730. The highest BCUT2D eigenvalue weighted by atomic mass is 35.5. The van der Waals surface area contributed by atoms with Crippen molar-refractivity contribution in [3.8, 4) is 5.75 Å². The molecule has 1 aliphatic rings. The molecule has 0 bridgehead atoms. The van der Waals surface area contributed by atoms with E-state index in [4.69, 9.17) is 21.1 Å². The number of rotatable bonds is 4. The summed E-state index contributed by atoms with van der Waals surface area (Å²) in [5.41, 5.74) is 2.42. The summed E-state index contributed by atoms with van der Waals surface area (Å²) in [7, 11) is 1.71. The van der Waals surface area contributed by atoms with Crippen molar-refractivity contribution in [2.75, 3.05) is 19.6 Å². The van der Waals surface area contributed by atoms with Crippen LogP contribution < -0.4 is 4.74 Å². The van der Waals surface area contributed by atoms with Crippen molar-refractivity contribution in [1.82, 2.24) is 0 Å². The number of methoxy groups -OCH3 is 1. The van der Waals surface area contributed by atoms with Gasteiger partial charge in [0, 0.05) is 11.8 Å². The van der Waals surface area contributed by atoms with Crippen molar-refractivity contribution in [2.24, 2.45) is 0 Å². The number of halogens is 1. The predicted molar refractivity (Wildman–Crippen MR) is 74.7 cm³/mol. The van der Waals surface area contributed by atoms with Crippen LogP contribution in [-0.4, -0.2) is 19.6 Å². The molecule has 2 nitrogen and oxygen atoms in total. The lowest BCUT2D eigenvalue weighted by atomic mass is 9.81. The fourth-order valence-electron chi connectivity index (χ4n) is 2.64. The van der Waals surface area contributed by atoms with Crippen LogP contribution in [0.5, 0.6) is 5.75 Å². The zero-order valence-corrected chi connectivity index (χ0v) is 12.1. The number of fused-ring (bicyclic) bond motifs is 1. The summed E-state index contributed by atoms with van der Waals surface area (Å²) in [6.07, 6.45) is 1.93. The van der Waals surface area contributed by atoms with Crippen LogP contribution in [0.25, 0.3) is 0 Å². The normalized spacial score (nSPS) is 26.8. The van der Waals surface area contributed by atoms with E-state index in [1.807, 2.05) is 6.07 Å². The zero-order valence-electron chi connectivity index (χ0n) is 11.3. The highest BCUT2D eigenvalue weighted by Gasteiger charge is 2.35. The minimum Gasteiger partial charge on any atom is -0.497 e. The Morgan fingerprint density at radius 2 is 2.28 bits per heavy atom. The number of alkyl halides is 1. The first kappa shape index (κ1) is 13.7. The van der Waals surface area contributed by atoms with Crippen molar-refractivity contribution in [3.63, 3.8) is 0 Å². The second-order valence-corrected chi connectivity index (χ2v) is 5.57. The van der Waals surface area contributed by atoms with Gasteiger partial charge in [-0.2, -0.15) is 0 Å². The summed E-state index contributed by atoms with van der Waals surface area (Å²) >= 11 is 5.81. The Bertz CT molecular complexity index is 419. The molecule has 0 saturated carbocycles. The quantitative estimate of drug-likeness (QED) is 0.767. The van der Waals surface area contributed by atoms with Crippen LogP contribution in [0.3, 0.4) is 0 Å². The average molecular weight is 269 g/mol. The average Bonchev–Trinajstić information content (AvgIpc) is 2.41. The Morgan fingerprint density at radius 1 is 1.50 bits per heavy atom. The van der Waals surface area contributed by atoms with Crippen LogP contribution in [0, 0.1) is 0 Å². The topological polar surface area (TPSA) is 18.5 Å². The van der Waals surface area contributed by atoms with Gasteiger partial charge in [0.05, 0.1) is 19.3 Å². The fourth-order valence-corrected chi connectivity index (χ4v) is 2.78. The second kappa shape index (κ2) is 5.50. The van der Waals surface area contributed by atoms with E-state index in [0.717, 1.165) is 25.2 Å². The van der Waals surface area contributed by atoms with Gasteiger partial charge in [-0.1, -0.05) is 13.0 Å². The number of ether oxygens (including phenoxy) is 2. The molecule has 1 aromatic carbocycles. The van der Waals surface area contributed by atoms with E-state index in [1.165, 1.54) is 11.1 Å². The van der Waals surface area contributed by atoms with Crippen LogP contribution in [0.15, 0.2) is 18.2 Å². The van der Waals surface area contributed by atoms with Crippen LogP contribution in [0.4, 0.5) is 0 Å². The molecule has 3 heteroatoms. The number of hydrogen-bond donors (Lipinski definition) is 0. The number of hydrogen-bond acceptors (Lipinski definition) is 2. The van der Waals surface area contributed by atoms with Gasteiger partial charge in [-0.05, 0) is 43.0 Å². The van der Waals surface area contributed by atoms with E-state index in [2.05, 4.69) is 26.0 Å². The third kappa shape index (κ3) is 2.50. The van der Waals surface area contributed by atoms with Gasteiger partial charge in [-0.15, -0.1) is 11.6 Å². The van der Waals surface area contributed by atoms with E-state index in [9.17, 15) is 0 Å². The van der Waals surface area contributed by atoms with Crippen LogP contribution in [0.1, 0.15) is 43.7 Å². The zero-order chi connectivity index (χ0) is 13.2. The van der Waals surface area contributed by atoms with Crippen LogP contribution in [-0.2, 0) is 10.3 Å². The molecule has 2 rings (SSSR count). The first-order valence-electron chi connectivity index (χ1n) is 6.49. The van der Waals surface area contributed by atoms with Gasteiger partial charge in [-0.25, -0.2) is 0 Å². The summed E-state index contributed by atoms with van der Waals surface area (Å²) in [6, 6.07) is 6.29. The van der Waals surface area contributed by atoms with E-state index < -0.39 is 0 Å². The minimum atomic E-state index is -0.205. The van der Waals surface area contributed by atoms with Crippen molar-refractivity contribution in [2.45, 2.75) is 38.2 Å². The summed E-state index contributed by atoms with van der Waals surface area (Å²) in [6.45, 7) is 5.12. The molecule has 18 heavy (non-hydrogen) atoms. The summed E-state index contributed by atoms with van der Waals surface area (Å²) in [4.78, 5) is 0. The van der Waals surface area contributed by atoms with E-state index in [1.54, 1.807) is 7.11 Å². The lowest BCUT2D eigenvalue weighted by molar-refractivity contribution is -0.0608. The first-order valence-corrected chi connectivity index (χ1v) is 7.02. The second-order valence-electron chi connectivity index (χ2n) is 5.19. The Labute approximate surface area is 114 Å². The van der Waals surface area contributed by atoms with Gasteiger partial charge in [0.1, 0.15) is 5.75 Å². The standard InChI is InChI=1S/C15H21ClO2/c1-11-10-18-15(2,7-4-8-16)14-6-5-12(17-3)9-13(11)14/h5-6,9,11H,4,7-8,10H2,1-3H3. The molecule has 0 radical (unpaired) electrons. The van der Waals surface area contributed by atoms with Gasteiger partial charge in [0.15, 0.2) is 0 Å². The van der Waals surface area contributed by atoms with Crippen molar-refractivity contribution in [3.05, 3.63) is 29.3 Å². The van der Waals surface area contributed by atoms with Gasteiger partial charge in [0.25, 0.3) is 0 Å². The molecule has 1 heterocycles. The highest BCUT2D eigenvalue weighted by Crippen LogP contribution is 2.42. The predicted octanol–water partition coefficient (Wildman–Crippen LogP) is 4.06. The Kier molecular flexibility index (Phi) is 4.18. The highest BCUT2D eigenvalue weighted by molar-refractivity contribution is 6.17. The third-order valence-electron chi connectivity index (χ3n) is 3.80. The maximum absolute atomic E-state index is 6.08. The fraction of sp³-hybridized carbons (Fsp3) is 0.600. The molecule has 0 amide bonds. The molecule has 2 atom stereocenters. The third-order valence-corrected chi connectivity index (χ3v) is 4.07. The van der Waals surface area contributed by atoms with Gasteiger partial charge >= 0.3 is 0 Å². The maximum atomic E-state index is 6.08. The lowest BCUT2D eigenvalue weighted by Gasteiger charge is -2.39. The molecule has 0 spiro atoms. The summed E-state index contributed by atoms with van der Waals surface area (Å²) in [5, 5.41) is 0. The lowest BCUT2D eigenvalue weighted by Crippen LogP contribution is -2.34. The molecule has 2 unspecified atom stereocenters. The molecule has 0 aliphatic carbocycles. The molecular formula is C15H21ClO2. The SMILES string of the molecule is COc1ccc2c(c1)C(C)COC2(C)CCCCl. The molecule has 1 aliphatic heterocycles. The van der Waals surface area contributed by atoms with E-state index in [0.29, 0.717) is 11.8 Å². The Balaban J connectivity index is 2.38. The van der Waals surface area contributed by atoms with Crippen LogP contribution in [0.2, 0.25) is 0 Å². The monoisotopic (exact) mass is 268 g/mol. The van der Waals surface area contributed by atoms with Crippen molar-refractivity contribution >= 4 is 11.6 Å². The largest absolute Gasteiger partial charge is 0.497 e. The molecule has 0 aromatic heterocycles. The molecule has 1 aromatic rings. The maximum Gasteiger partial charge on any atom is 0.119 e. The molecule has 0 saturated heterocycles. The molecule has 0 N–H and O–H groups in total. The first-order chi connectivity index (χ1) is 8.60. The number of benzene rings is 1. The molecular weight excluding hydrogens is 248 g/mol. The van der Waals surface area contributed by atoms with Gasteiger partial charge in [-0.3, -0.25) is 0 Å². The summed E-state index contributed by atoms with van der Waals surface area (Å²) < 4.78 is 11.4. The molecule has 100 valence electrons. The molecule has 0 fully saturated rings. The summed E-state index contributed by atoms with van der Waals surface area (Å²) in [5.74, 6) is 2.02. The van der Waals surface area contributed by atoms with E-state index >= 15 is 0 Å². The Morgan fingerprint density at radius 3 is 2.94 bits per heavy atom. The van der Waals surface area contributed by atoms with Crippen molar-refractivity contribution in [1.29, 1.82) is 0 Å². The van der Waals surface area contributed by atoms with Crippen molar-refractivity contribution < 1.29 is 9.47 Å². The van der Waals surface area contributed by atoms with Crippen LogP contribution >= 0.6 is 11.6 Å². The minimum absolute atomic E-state index is 0.205. The van der Waals surface area contributed by atoms with Gasteiger partial charge < -0.3 is 9.47 Å². The van der Waals surface area contributed by atoms with E-state index in [-0.39, 0.29) is 5.60 Å². The smallest absolute Gasteiger partial charge is 0.119 e. The van der Waals surface area contributed by atoms with Gasteiger partial charge in [0.2, 0.25) is 0 Å².